The normalized spacial score (nSPS) is 15.7. The van der Waals surface area contributed by atoms with Gasteiger partial charge in [-0.1, -0.05) is 22.7 Å². The van der Waals surface area contributed by atoms with Crippen LogP contribution < -0.4 is 4.74 Å². The Morgan fingerprint density at radius 1 is 1.33 bits per heavy atom. The minimum absolute atomic E-state index is 0.0427. The summed E-state index contributed by atoms with van der Waals surface area (Å²) in [4.78, 5) is 17.5. The molecule has 0 N–H and O–H groups in total. The summed E-state index contributed by atoms with van der Waals surface area (Å²) in [5.41, 5.74) is 1.99. The second kappa shape index (κ2) is 9.28. The van der Waals surface area contributed by atoms with Crippen LogP contribution in [0.5, 0.6) is 5.75 Å². The molecule has 7 heteroatoms. The van der Waals surface area contributed by atoms with Gasteiger partial charge < -0.3 is 14.5 Å². The number of amides is 1. The van der Waals surface area contributed by atoms with Gasteiger partial charge in [0.25, 0.3) is 5.91 Å². The first-order valence-electron chi connectivity index (χ1n) is 9.47. The lowest BCUT2D eigenvalue weighted by Crippen LogP contribution is -2.40. The molecule has 146 valence electrons. The highest BCUT2D eigenvalue weighted by Gasteiger charge is 2.24. The average molecular weight is 389 g/mol. The largest absolute Gasteiger partial charge is 0.496 e. The molecule has 0 atom stereocenters. The molecule has 0 spiro atoms. The zero-order valence-electron chi connectivity index (χ0n) is 16.4. The van der Waals surface area contributed by atoms with Crippen LogP contribution in [0.4, 0.5) is 0 Å². The molecule has 0 radical (unpaired) electrons. The number of para-hydroxylation sites is 1. The van der Waals surface area contributed by atoms with Crippen molar-refractivity contribution in [3.8, 4) is 5.75 Å². The van der Waals surface area contributed by atoms with Crippen LogP contribution in [-0.2, 0) is 6.42 Å². The van der Waals surface area contributed by atoms with Crippen molar-refractivity contribution in [3.05, 3.63) is 40.4 Å². The second-order valence-corrected chi connectivity index (χ2v) is 7.97. The predicted molar refractivity (Wildman–Crippen MR) is 107 cm³/mol. The molecule has 1 aromatic heterocycles. The molecule has 2 aromatic rings. The van der Waals surface area contributed by atoms with Crippen molar-refractivity contribution in [2.75, 3.05) is 40.3 Å². The van der Waals surface area contributed by atoms with Crippen molar-refractivity contribution < 1.29 is 9.53 Å². The molecule has 6 nitrogen and oxygen atoms in total. The Labute approximate surface area is 165 Å². The number of hydrogen-bond acceptors (Lipinski definition) is 6. The lowest BCUT2D eigenvalue weighted by Gasteiger charge is -2.33. The highest BCUT2D eigenvalue weighted by Crippen LogP contribution is 2.22. The molecule has 27 heavy (non-hydrogen) atoms. The van der Waals surface area contributed by atoms with Crippen LogP contribution >= 0.6 is 11.5 Å². The molecular weight excluding hydrogens is 360 g/mol. The van der Waals surface area contributed by atoms with Gasteiger partial charge in [0.05, 0.1) is 12.8 Å². The average Bonchev–Trinajstić information content (AvgIpc) is 3.12. The van der Waals surface area contributed by atoms with Crippen molar-refractivity contribution in [2.45, 2.75) is 26.2 Å². The summed E-state index contributed by atoms with van der Waals surface area (Å²) in [6, 6.07) is 8.24. The van der Waals surface area contributed by atoms with Gasteiger partial charge in [-0.3, -0.25) is 4.79 Å². The van der Waals surface area contributed by atoms with Crippen molar-refractivity contribution in [1.82, 2.24) is 19.4 Å². The molecule has 0 unspecified atom stereocenters. The Hall–Kier alpha value is -1.99. The number of benzene rings is 1. The lowest BCUT2D eigenvalue weighted by atomic mass is 9.96. The van der Waals surface area contributed by atoms with Gasteiger partial charge in [-0.05, 0) is 68.4 Å². The number of carbonyl (C=O) groups is 1. The number of carbonyl (C=O) groups excluding carboxylic acids is 1. The molecule has 0 aliphatic carbocycles. The first-order chi connectivity index (χ1) is 13.1. The SMILES string of the molecule is COc1ccccc1CCN1CCC(CN(C)C(=O)c2snnc2C)CC1. The Kier molecular flexibility index (Phi) is 6.79. The van der Waals surface area contributed by atoms with Crippen molar-refractivity contribution in [1.29, 1.82) is 0 Å². The summed E-state index contributed by atoms with van der Waals surface area (Å²) < 4.78 is 9.31. The first-order valence-corrected chi connectivity index (χ1v) is 10.2. The zero-order chi connectivity index (χ0) is 19.2. The second-order valence-electron chi connectivity index (χ2n) is 7.22. The quantitative estimate of drug-likeness (QED) is 0.730. The maximum atomic E-state index is 12.5. The third kappa shape index (κ3) is 5.05. The van der Waals surface area contributed by atoms with Gasteiger partial charge in [0.2, 0.25) is 0 Å². The van der Waals surface area contributed by atoms with E-state index in [1.807, 2.05) is 31.0 Å². The monoisotopic (exact) mass is 388 g/mol. The molecule has 1 aliphatic rings. The molecule has 1 aromatic carbocycles. The van der Waals surface area contributed by atoms with Gasteiger partial charge in [-0.15, -0.1) is 5.10 Å². The van der Waals surface area contributed by atoms with Gasteiger partial charge in [0.15, 0.2) is 0 Å². The standard InChI is InChI=1S/C20H28N4O2S/c1-15-19(27-22-21-15)20(25)23(2)14-16-8-11-24(12-9-16)13-10-17-6-4-5-7-18(17)26-3/h4-7,16H,8-14H2,1-3H3. The summed E-state index contributed by atoms with van der Waals surface area (Å²) in [7, 11) is 3.61. The third-order valence-electron chi connectivity index (χ3n) is 5.32. The van der Waals surface area contributed by atoms with Crippen LogP contribution in [0.15, 0.2) is 24.3 Å². The van der Waals surface area contributed by atoms with E-state index in [9.17, 15) is 4.79 Å². The number of ether oxygens (including phenoxy) is 1. The Morgan fingerprint density at radius 2 is 2.07 bits per heavy atom. The fourth-order valence-electron chi connectivity index (χ4n) is 3.65. The van der Waals surface area contributed by atoms with Crippen LogP contribution in [0.1, 0.15) is 33.8 Å². The maximum Gasteiger partial charge on any atom is 0.267 e. The number of aromatic nitrogens is 2. The van der Waals surface area contributed by atoms with E-state index >= 15 is 0 Å². The Bertz CT molecular complexity index is 756. The number of rotatable bonds is 7. The van der Waals surface area contributed by atoms with Crippen LogP contribution in [0.2, 0.25) is 0 Å². The minimum Gasteiger partial charge on any atom is -0.496 e. The van der Waals surface area contributed by atoms with Crippen LogP contribution in [-0.4, -0.2) is 65.6 Å². The summed E-state index contributed by atoms with van der Waals surface area (Å²) in [5.74, 6) is 1.57. The molecule has 3 rings (SSSR count). The molecule has 0 bridgehead atoms. The van der Waals surface area contributed by atoms with E-state index in [0.717, 1.165) is 56.9 Å². The molecule has 2 heterocycles. The van der Waals surface area contributed by atoms with Gasteiger partial charge >= 0.3 is 0 Å². The maximum absolute atomic E-state index is 12.5. The summed E-state index contributed by atoms with van der Waals surface area (Å²) >= 11 is 1.19. The highest BCUT2D eigenvalue weighted by molar-refractivity contribution is 7.07. The van der Waals surface area contributed by atoms with Gasteiger partial charge in [0.1, 0.15) is 10.6 Å². The number of aryl methyl sites for hydroxylation is 1. The highest BCUT2D eigenvalue weighted by atomic mass is 32.1. The van der Waals surface area contributed by atoms with E-state index in [1.54, 1.807) is 7.11 Å². The molecule has 1 saturated heterocycles. The number of likely N-dealkylation sites (tertiary alicyclic amines) is 1. The van der Waals surface area contributed by atoms with Gasteiger partial charge in [-0.2, -0.15) is 0 Å². The number of hydrogen-bond donors (Lipinski definition) is 0. The van der Waals surface area contributed by atoms with E-state index in [-0.39, 0.29) is 5.91 Å². The van der Waals surface area contributed by atoms with E-state index in [0.29, 0.717) is 10.8 Å². The lowest BCUT2D eigenvalue weighted by molar-refractivity contribution is 0.0744. The van der Waals surface area contributed by atoms with Gasteiger partial charge in [-0.25, -0.2) is 0 Å². The topological polar surface area (TPSA) is 58.6 Å². The smallest absolute Gasteiger partial charge is 0.267 e. The van der Waals surface area contributed by atoms with Gasteiger partial charge in [0, 0.05) is 20.1 Å². The molecule has 1 amide bonds. The summed E-state index contributed by atoms with van der Waals surface area (Å²) in [6.45, 7) is 5.86. The summed E-state index contributed by atoms with van der Waals surface area (Å²) in [5, 5.41) is 3.94. The fraction of sp³-hybridized carbons (Fsp3) is 0.550. The van der Waals surface area contributed by atoms with Crippen molar-refractivity contribution in [3.63, 3.8) is 0 Å². The zero-order valence-corrected chi connectivity index (χ0v) is 17.2. The van der Waals surface area contributed by atoms with Crippen LogP contribution in [0.25, 0.3) is 0 Å². The molecule has 0 saturated carbocycles. The summed E-state index contributed by atoms with van der Waals surface area (Å²) in [6.07, 6.45) is 3.26. The number of piperidine rings is 1. The van der Waals surface area contributed by atoms with Crippen LogP contribution in [0.3, 0.4) is 0 Å². The van der Waals surface area contributed by atoms with E-state index in [2.05, 4.69) is 26.6 Å². The molecule has 1 fully saturated rings. The van der Waals surface area contributed by atoms with Crippen molar-refractivity contribution >= 4 is 17.4 Å². The Morgan fingerprint density at radius 3 is 2.74 bits per heavy atom. The van der Waals surface area contributed by atoms with E-state index in [4.69, 9.17) is 4.74 Å². The fourth-order valence-corrected chi connectivity index (χ4v) is 4.30. The van der Waals surface area contributed by atoms with Crippen LogP contribution in [0, 0.1) is 12.8 Å². The van der Waals surface area contributed by atoms with E-state index in [1.165, 1.54) is 17.1 Å². The first kappa shape index (κ1) is 19.8. The number of methoxy groups -OCH3 is 1. The third-order valence-corrected chi connectivity index (χ3v) is 6.14. The van der Waals surface area contributed by atoms with Crippen molar-refractivity contribution in [2.24, 2.45) is 5.92 Å². The number of nitrogens with zero attached hydrogens (tertiary/aromatic N) is 4. The molecular formula is C20H28N4O2S. The minimum atomic E-state index is 0.0427. The predicted octanol–water partition coefficient (Wildman–Crippen LogP) is 2.88. The Balaban J connectivity index is 1.43. The molecule has 1 aliphatic heterocycles. The van der Waals surface area contributed by atoms with E-state index < -0.39 is 0 Å².